The molecule has 76 valence electrons. The van der Waals surface area contributed by atoms with E-state index in [9.17, 15) is 5.11 Å². The van der Waals surface area contributed by atoms with Crippen molar-refractivity contribution < 1.29 is 5.11 Å². The summed E-state index contributed by atoms with van der Waals surface area (Å²) in [7, 11) is 0. The number of thioether (sulfide) groups is 1. The Labute approximate surface area is 97.0 Å². The van der Waals surface area contributed by atoms with Crippen molar-refractivity contribution in [3.05, 3.63) is 28.2 Å². The number of benzene rings is 1. The molecule has 0 saturated carbocycles. The normalized spacial score (nSPS) is 22.1. The molecule has 0 bridgehead atoms. The molecule has 2 atom stereocenters. The fourth-order valence-electron chi connectivity index (χ4n) is 1.80. The van der Waals surface area contributed by atoms with Crippen LogP contribution in [0.5, 0.6) is 0 Å². The van der Waals surface area contributed by atoms with Crippen LogP contribution in [0.4, 0.5) is 0 Å². The van der Waals surface area contributed by atoms with E-state index in [0.29, 0.717) is 5.25 Å². The highest BCUT2D eigenvalue weighted by Crippen LogP contribution is 2.39. The smallest absolute Gasteiger partial charge is 0.0522 e. The van der Waals surface area contributed by atoms with Gasteiger partial charge in [0.1, 0.15) is 0 Å². The maximum atomic E-state index is 9.32. The topological polar surface area (TPSA) is 20.2 Å². The van der Waals surface area contributed by atoms with Crippen LogP contribution in [-0.4, -0.2) is 16.5 Å². The lowest BCUT2D eigenvalue weighted by Gasteiger charge is -2.09. The zero-order valence-corrected chi connectivity index (χ0v) is 10.4. The Kier molecular flexibility index (Phi) is 3.20. The summed E-state index contributed by atoms with van der Waals surface area (Å²) in [5, 5.41) is 9.88. The molecule has 1 aliphatic rings. The zero-order chi connectivity index (χ0) is 10.1. The van der Waals surface area contributed by atoms with Gasteiger partial charge in [0.25, 0.3) is 0 Å². The predicted molar refractivity (Wildman–Crippen MR) is 63.8 cm³/mol. The van der Waals surface area contributed by atoms with Crippen LogP contribution in [0.1, 0.15) is 18.9 Å². The van der Waals surface area contributed by atoms with Gasteiger partial charge in [-0.1, -0.05) is 15.9 Å². The molecular formula is C11H13BrOS. The second-order valence-corrected chi connectivity index (χ2v) is 6.04. The molecule has 0 radical (unpaired) electrons. The fraction of sp³-hybridized carbons (Fsp3) is 0.455. The van der Waals surface area contributed by atoms with E-state index < -0.39 is 0 Å². The van der Waals surface area contributed by atoms with E-state index in [4.69, 9.17) is 0 Å². The maximum absolute atomic E-state index is 9.32. The van der Waals surface area contributed by atoms with Gasteiger partial charge in [-0.25, -0.2) is 0 Å². The van der Waals surface area contributed by atoms with Gasteiger partial charge in [0.2, 0.25) is 0 Å². The lowest BCUT2D eigenvalue weighted by Crippen LogP contribution is -2.10. The molecule has 0 amide bonds. The van der Waals surface area contributed by atoms with Crippen LogP contribution in [0, 0.1) is 0 Å². The summed E-state index contributed by atoms with van der Waals surface area (Å²) < 4.78 is 1.15. The minimum Gasteiger partial charge on any atom is -0.393 e. The molecule has 3 heteroatoms. The van der Waals surface area contributed by atoms with Crippen molar-refractivity contribution in [2.24, 2.45) is 0 Å². The van der Waals surface area contributed by atoms with Crippen LogP contribution in [0.3, 0.4) is 0 Å². The Morgan fingerprint density at radius 3 is 3.14 bits per heavy atom. The van der Waals surface area contributed by atoms with E-state index in [1.807, 2.05) is 18.7 Å². The second kappa shape index (κ2) is 4.25. The third-order valence-corrected chi connectivity index (χ3v) is 4.21. The maximum Gasteiger partial charge on any atom is 0.0522 e. The number of rotatable bonds is 2. The molecule has 0 fully saturated rings. The third kappa shape index (κ3) is 2.33. The Balaban J connectivity index is 2.10. The molecule has 1 aliphatic heterocycles. The second-order valence-electron chi connectivity index (χ2n) is 3.78. The first kappa shape index (κ1) is 10.5. The summed E-state index contributed by atoms with van der Waals surface area (Å²) >= 11 is 5.37. The van der Waals surface area contributed by atoms with Gasteiger partial charge in [-0.15, -0.1) is 11.8 Å². The summed E-state index contributed by atoms with van der Waals surface area (Å²) in [6.07, 6.45) is 1.78. The number of fused-ring (bicyclic) bond motifs is 1. The van der Waals surface area contributed by atoms with Gasteiger partial charge >= 0.3 is 0 Å². The van der Waals surface area contributed by atoms with Crippen LogP contribution >= 0.6 is 27.7 Å². The summed E-state index contributed by atoms with van der Waals surface area (Å²) in [6.45, 7) is 1.86. The molecule has 1 nitrogen and oxygen atoms in total. The third-order valence-electron chi connectivity index (χ3n) is 2.37. The van der Waals surface area contributed by atoms with Crippen molar-refractivity contribution in [2.45, 2.75) is 36.0 Å². The molecule has 2 rings (SSSR count). The quantitative estimate of drug-likeness (QED) is 0.892. The van der Waals surface area contributed by atoms with Gasteiger partial charge in [0.05, 0.1) is 6.10 Å². The Bertz CT molecular complexity index is 338. The van der Waals surface area contributed by atoms with E-state index in [1.54, 1.807) is 0 Å². The van der Waals surface area contributed by atoms with Gasteiger partial charge < -0.3 is 5.11 Å². The molecule has 0 saturated heterocycles. The molecular weight excluding hydrogens is 260 g/mol. The zero-order valence-electron chi connectivity index (χ0n) is 8.03. The van der Waals surface area contributed by atoms with E-state index in [0.717, 1.165) is 17.3 Å². The minimum absolute atomic E-state index is 0.190. The highest BCUT2D eigenvalue weighted by atomic mass is 79.9. The van der Waals surface area contributed by atoms with Crippen molar-refractivity contribution in [1.29, 1.82) is 0 Å². The Hall–Kier alpha value is 0.01000. The standard InChI is InChI=1S/C11H13BrOS/c1-7(13)4-10-6-8-5-9(12)2-3-11(8)14-10/h2-3,5,7,10,13H,4,6H2,1H3. The van der Waals surface area contributed by atoms with Crippen LogP contribution in [0.15, 0.2) is 27.6 Å². The van der Waals surface area contributed by atoms with E-state index in [-0.39, 0.29) is 6.10 Å². The number of aliphatic hydroxyl groups excluding tert-OH is 1. The number of hydrogen-bond acceptors (Lipinski definition) is 2. The molecule has 1 aromatic rings. The van der Waals surface area contributed by atoms with E-state index >= 15 is 0 Å². The van der Waals surface area contributed by atoms with E-state index in [1.165, 1.54) is 10.5 Å². The van der Waals surface area contributed by atoms with Crippen molar-refractivity contribution in [2.75, 3.05) is 0 Å². The average molecular weight is 273 g/mol. The van der Waals surface area contributed by atoms with Gasteiger partial charge in [-0.2, -0.15) is 0 Å². The molecule has 0 aromatic heterocycles. The summed E-state index contributed by atoms with van der Waals surface area (Å²) in [5.41, 5.74) is 1.41. The molecule has 0 spiro atoms. The van der Waals surface area contributed by atoms with Crippen molar-refractivity contribution in [1.82, 2.24) is 0 Å². The molecule has 0 aliphatic carbocycles. The average Bonchev–Trinajstić information content (AvgIpc) is 2.44. The monoisotopic (exact) mass is 272 g/mol. The van der Waals surface area contributed by atoms with Gasteiger partial charge in [0.15, 0.2) is 0 Å². The largest absolute Gasteiger partial charge is 0.393 e. The van der Waals surface area contributed by atoms with Crippen LogP contribution < -0.4 is 0 Å². The van der Waals surface area contributed by atoms with Crippen molar-refractivity contribution in [3.8, 4) is 0 Å². The van der Waals surface area contributed by atoms with Gasteiger partial charge in [-0.3, -0.25) is 0 Å². The van der Waals surface area contributed by atoms with E-state index in [2.05, 4.69) is 34.1 Å². The van der Waals surface area contributed by atoms with Crippen molar-refractivity contribution in [3.63, 3.8) is 0 Å². The summed E-state index contributed by atoms with van der Waals surface area (Å²) in [4.78, 5) is 1.37. The lowest BCUT2D eigenvalue weighted by atomic mass is 10.1. The Morgan fingerprint density at radius 1 is 1.64 bits per heavy atom. The summed E-state index contributed by atoms with van der Waals surface area (Å²) in [6, 6.07) is 6.42. The number of hydrogen-bond donors (Lipinski definition) is 1. The summed E-state index contributed by atoms with van der Waals surface area (Å²) in [5.74, 6) is 0. The first-order chi connectivity index (χ1) is 6.65. The van der Waals surface area contributed by atoms with Crippen LogP contribution in [0.2, 0.25) is 0 Å². The van der Waals surface area contributed by atoms with Crippen molar-refractivity contribution >= 4 is 27.7 Å². The highest BCUT2D eigenvalue weighted by Gasteiger charge is 2.23. The number of halogens is 1. The van der Waals surface area contributed by atoms with Crippen LogP contribution in [0.25, 0.3) is 0 Å². The SMILES string of the molecule is CC(O)CC1Cc2cc(Br)ccc2S1. The lowest BCUT2D eigenvalue weighted by molar-refractivity contribution is 0.184. The predicted octanol–water partition coefficient (Wildman–Crippen LogP) is 3.24. The molecule has 1 N–H and O–H groups in total. The first-order valence-corrected chi connectivity index (χ1v) is 6.45. The molecule has 2 unspecified atom stereocenters. The highest BCUT2D eigenvalue weighted by molar-refractivity contribution is 9.10. The molecule has 1 heterocycles. The van der Waals surface area contributed by atoms with Gasteiger partial charge in [0, 0.05) is 14.6 Å². The van der Waals surface area contributed by atoms with Crippen LogP contribution in [-0.2, 0) is 6.42 Å². The van der Waals surface area contributed by atoms with Gasteiger partial charge in [-0.05, 0) is 43.5 Å². The minimum atomic E-state index is -0.190. The molecule has 1 aromatic carbocycles. The Morgan fingerprint density at radius 2 is 2.43 bits per heavy atom. The number of aliphatic hydroxyl groups is 1. The fourth-order valence-corrected chi connectivity index (χ4v) is 3.65. The first-order valence-electron chi connectivity index (χ1n) is 4.78. The molecule has 14 heavy (non-hydrogen) atoms.